The lowest BCUT2D eigenvalue weighted by molar-refractivity contribution is -0.122. The summed E-state index contributed by atoms with van der Waals surface area (Å²) in [6.07, 6.45) is 1.85. The predicted octanol–water partition coefficient (Wildman–Crippen LogP) is 0.673. The molecule has 1 saturated heterocycles. The zero-order valence-electron chi connectivity index (χ0n) is 14.5. The Morgan fingerprint density at radius 2 is 1.80 bits per heavy atom. The summed E-state index contributed by atoms with van der Waals surface area (Å²) in [6.45, 7) is 2.42. The van der Waals surface area contributed by atoms with E-state index < -0.39 is 10.0 Å². The minimum absolute atomic E-state index is 0.0143. The van der Waals surface area contributed by atoms with Gasteiger partial charge in [-0.25, -0.2) is 8.42 Å². The van der Waals surface area contributed by atoms with Gasteiger partial charge in [0.25, 0.3) is 0 Å². The third-order valence-electron chi connectivity index (χ3n) is 4.68. The maximum Gasteiger partial charge on any atom is 0.223 e. The first-order valence-corrected chi connectivity index (χ1v) is 10.2. The molecule has 1 saturated carbocycles. The Kier molecular flexibility index (Phi) is 5.48. The molecule has 138 valence electrons. The van der Waals surface area contributed by atoms with Crippen LogP contribution >= 0.6 is 0 Å². The van der Waals surface area contributed by atoms with E-state index in [4.69, 9.17) is 4.74 Å². The van der Waals surface area contributed by atoms with Crippen LogP contribution < -0.4 is 15.0 Å². The number of carbonyl (C=O) groups excluding carboxylic acids is 1. The fourth-order valence-corrected chi connectivity index (χ4v) is 4.28. The molecule has 1 aliphatic carbocycles. The second-order valence-electron chi connectivity index (χ2n) is 6.47. The quantitative estimate of drug-likeness (QED) is 0.766. The number of ether oxygens (including phenoxy) is 1. The SMILES string of the molecule is COc1ccc(N2CCN(S(=O)(=O)CCNC(=O)C3CC3)CC2)cc1. The highest BCUT2D eigenvalue weighted by atomic mass is 32.2. The van der Waals surface area contributed by atoms with E-state index in [-0.39, 0.29) is 24.1 Å². The number of rotatable bonds is 7. The van der Waals surface area contributed by atoms with Crippen molar-refractivity contribution in [3.8, 4) is 5.75 Å². The van der Waals surface area contributed by atoms with Crippen molar-refractivity contribution in [2.75, 3.05) is 50.5 Å². The lowest BCUT2D eigenvalue weighted by atomic mass is 10.2. The van der Waals surface area contributed by atoms with Crippen LogP contribution in [-0.2, 0) is 14.8 Å². The van der Waals surface area contributed by atoms with Crippen LogP contribution in [0.4, 0.5) is 5.69 Å². The van der Waals surface area contributed by atoms with E-state index >= 15 is 0 Å². The molecule has 1 aromatic carbocycles. The summed E-state index contributed by atoms with van der Waals surface area (Å²) in [5.41, 5.74) is 1.06. The number of anilines is 1. The Labute approximate surface area is 149 Å². The first kappa shape index (κ1) is 18.0. The van der Waals surface area contributed by atoms with Gasteiger partial charge in [-0.05, 0) is 37.1 Å². The van der Waals surface area contributed by atoms with Crippen molar-refractivity contribution in [3.63, 3.8) is 0 Å². The van der Waals surface area contributed by atoms with Crippen LogP contribution in [0, 0.1) is 5.92 Å². The fraction of sp³-hybridized carbons (Fsp3) is 0.588. The molecular formula is C17H25N3O4S. The standard InChI is InChI=1S/C17H25N3O4S/c1-24-16-6-4-15(5-7-16)19-9-11-20(12-10-19)25(22,23)13-8-18-17(21)14-2-3-14/h4-7,14H,2-3,8-13H2,1H3,(H,18,21). The number of carbonyl (C=O) groups is 1. The van der Waals surface area contributed by atoms with Gasteiger partial charge in [0.2, 0.25) is 15.9 Å². The molecule has 1 amide bonds. The van der Waals surface area contributed by atoms with Gasteiger partial charge in [-0.1, -0.05) is 0 Å². The molecule has 0 atom stereocenters. The van der Waals surface area contributed by atoms with Crippen molar-refractivity contribution < 1.29 is 17.9 Å². The van der Waals surface area contributed by atoms with Gasteiger partial charge in [0.15, 0.2) is 0 Å². The van der Waals surface area contributed by atoms with Gasteiger partial charge < -0.3 is 15.0 Å². The third-order valence-corrected chi connectivity index (χ3v) is 6.55. The summed E-state index contributed by atoms with van der Waals surface area (Å²) in [6, 6.07) is 7.77. The van der Waals surface area contributed by atoms with E-state index in [1.807, 2.05) is 24.3 Å². The molecule has 7 nitrogen and oxygen atoms in total. The number of benzene rings is 1. The average Bonchev–Trinajstić information content (AvgIpc) is 3.47. The van der Waals surface area contributed by atoms with E-state index in [0.717, 1.165) is 24.3 Å². The molecule has 0 radical (unpaired) electrons. The molecule has 3 rings (SSSR count). The summed E-state index contributed by atoms with van der Waals surface area (Å²) < 4.78 is 31.5. The normalized spacial score (nSPS) is 18.8. The number of hydrogen-bond acceptors (Lipinski definition) is 5. The summed E-state index contributed by atoms with van der Waals surface area (Å²) in [4.78, 5) is 13.7. The molecule has 0 unspecified atom stereocenters. The number of hydrogen-bond donors (Lipinski definition) is 1. The number of nitrogens with one attached hydrogen (secondary N) is 1. The number of methoxy groups -OCH3 is 1. The Balaban J connectivity index is 1.47. The van der Waals surface area contributed by atoms with E-state index in [0.29, 0.717) is 26.2 Å². The topological polar surface area (TPSA) is 79.0 Å². The lowest BCUT2D eigenvalue weighted by Crippen LogP contribution is -2.50. The van der Waals surface area contributed by atoms with Gasteiger partial charge >= 0.3 is 0 Å². The Bertz CT molecular complexity index is 693. The molecule has 2 aliphatic rings. The van der Waals surface area contributed by atoms with Crippen molar-refractivity contribution in [2.45, 2.75) is 12.8 Å². The minimum atomic E-state index is -3.33. The summed E-state index contributed by atoms with van der Waals surface area (Å²) in [5, 5.41) is 2.72. The highest BCUT2D eigenvalue weighted by molar-refractivity contribution is 7.89. The van der Waals surface area contributed by atoms with E-state index in [1.165, 1.54) is 4.31 Å². The van der Waals surface area contributed by atoms with Crippen molar-refractivity contribution in [2.24, 2.45) is 5.92 Å². The van der Waals surface area contributed by atoms with Gasteiger partial charge in [-0.15, -0.1) is 0 Å². The molecule has 1 aromatic rings. The van der Waals surface area contributed by atoms with Crippen molar-refractivity contribution >= 4 is 21.6 Å². The Morgan fingerprint density at radius 1 is 1.16 bits per heavy atom. The second-order valence-corrected chi connectivity index (χ2v) is 8.55. The van der Waals surface area contributed by atoms with Crippen molar-refractivity contribution in [3.05, 3.63) is 24.3 Å². The Hall–Kier alpha value is -1.80. The zero-order chi connectivity index (χ0) is 17.9. The maximum absolute atomic E-state index is 12.4. The van der Waals surface area contributed by atoms with E-state index in [1.54, 1.807) is 7.11 Å². The van der Waals surface area contributed by atoms with E-state index in [9.17, 15) is 13.2 Å². The van der Waals surface area contributed by atoms with Crippen molar-refractivity contribution in [1.29, 1.82) is 0 Å². The van der Waals surface area contributed by atoms with Crippen LogP contribution in [0.1, 0.15) is 12.8 Å². The second kappa shape index (κ2) is 7.61. The summed E-state index contributed by atoms with van der Waals surface area (Å²) in [5.74, 6) is 0.863. The molecule has 8 heteroatoms. The fourth-order valence-electron chi connectivity index (χ4n) is 2.94. The summed E-state index contributed by atoms with van der Waals surface area (Å²) >= 11 is 0. The number of nitrogens with zero attached hydrogens (tertiary/aromatic N) is 2. The van der Waals surface area contributed by atoms with Crippen LogP contribution in [-0.4, -0.2) is 64.2 Å². The summed E-state index contributed by atoms with van der Waals surface area (Å²) in [7, 11) is -1.70. The molecular weight excluding hydrogens is 342 g/mol. The van der Waals surface area contributed by atoms with Gasteiger partial charge in [-0.3, -0.25) is 4.79 Å². The molecule has 25 heavy (non-hydrogen) atoms. The zero-order valence-corrected chi connectivity index (χ0v) is 15.3. The molecule has 0 bridgehead atoms. The van der Waals surface area contributed by atoms with Gasteiger partial charge in [0.05, 0.1) is 12.9 Å². The van der Waals surface area contributed by atoms with Crippen molar-refractivity contribution in [1.82, 2.24) is 9.62 Å². The van der Waals surface area contributed by atoms with Crippen LogP contribution in [0.25, 0.3) is 0 Å². The molecule has 1 heterocycles. The van der Waals surface area contributed by atoms with Gasteiger partial charge in [0.1, 0.15) is 5.75 Å². The third kappa shape index (κ3) is 4.64. The smallest absolute Gasteiger partial charge is 0.223 e. The first-order valence-electron chi connectivity index (χ1n) is 8.64. The highest BCUT2D eigenvalue weighted by Gasteiger charge is 2.30. The van der Waals surface area contributed by atoms with E-state index in [2.05, 4.69) is 10.2 Å². The number of amides is 1. The largest absolute Gasteiger partial charge is 0.497 e. The highest BCUT2D eigenvalue weighted by Crippen LogP contribution is 2.28. The van der Waals surface area contributed by atoms with Crippen LogP contribution in [0.2, 0.25) is 0 Å². The van der Waals surface area contributed by atoms with Crippen LogP contribution in [0.3, 0.4) is 0 Å². The lowest BCUT2D eigenvalue weighted by Gasteiger charge is -2.35. The Morgan fingerprint density at radius 3 is 2.36 bits per heavy atom. The average molecular weight is 367 g/mol. The maximum atomic E-state index is 12.4. The molecule has 1 N–H and O–H groups in total. The molecule has 1 aliphatic heterocycles. The predicted molar refractivity (Wildman–Crippen MR) is 96.3 cm³/mol. The number of sulfonamides is 1. The molecule has 0 aromatic heterocycles. The first-order chi connectivity index (χ1) is 12.0. The van der Waals surface area contributed by atoms with Gasteiger partial charge in [0, 0.05) is 44.3 Å². The molecule has 0 spiro atoms. The monoisotopic (exact) mass is 367 g/mol. The van der Waals surface area contributed by atoms with Crippen LogP contribution in [0.15, 0.2) is 24.3 Å². The number of piperazine rings is 1. The minimum Gasteiger partial charge on any atom is -0.497 e. The molecule has 2 fully saturated rings. The van der Waals surface area contributed by atoms with Gasteiger partial charge in [-0.2, -0.15) is 4.31 Å². The van der Waals surface area contributed by atoms with Crippen LogP contribution in [0.5, 0.6) is 5.75 Å².